The third-order valence-electron chi connectivity index (χ3n) is 4.29. The molecule has 2 heterocycles. The van der Waals surface area contributed by atoms with Crippen LogP contribution in [-0.4, -0.2) is 17.6 Å². The molecule has 0 atom stereocenters. The molecule has 6 heteroatoms. The summed E-state index contributed by atoms with van der Waals surface area (Å²) in [5.74, 6) is 0.314. The largest absolute Gasteiger partial charge is 0.355 e. The standard InChI is InChI=1S/C19H14Cl2N2O2/c20-14-8-7-13(10-15(14)21)18-11-16(22-25-18)19(24)23-9-3-5-12-4-1-2-6-17(12)23/h1-2,4,6-8,10-11H,3,5,9H2. The van der Waals surface area contributed by atoms with Gasteiger partial charge in [0, 0.05) is 23.9 Å². The monoisotopic (exact) mass is 372 g/mol. The van der Waals surface area contributed by atoms with Crippen molar-refractivity contribution in [1.82, 2.24) is 5.16 Å². The molecule has 0 unspecified atom stereocenters. The van der Waals surface area contributed by atoms with Crippen LogP contribution in [0, 0.1) is 0 Å². The van der Waals surface area contributed by atoms with Gasteiger partial charge in [-0.05, 0) is 42.7 Å². The van der Waals surface area contributed by atoms with Crippen LogP contribution in [0.15, 0.2) is 53.1 Å². The van der Waals surface area contributed by atoms with E-state index >= 15 is 0 Å². The molecule has 0 aliphatic carbocycles. The number of halogens is 2. The molecule has 1 aliphatic heterocycles. The second kappa shape index (κ2) is 6.54. The predicted molar refractivity (Wildman–Crippen MR) is 98.4 cm³/mol. The van der Waals surface area contributed by atoms with E-state index in [-0.39, 0.29) is 11.6 Å². The number of rotatable bonds is 2. The highest BCUT2D eigenvalue weighted by molar-refractivity contribution is 6.42. The molecule has 4 nitrogen and oxygen atoms in total. The molecule has 1 amide bonds. The Bertz CT molecular complexity index is 952. The van der Waals surface area contributed by atoms with Crippen molar-refractivity contribution in [2.24, 2.45) is 0 Å². The van der Waals surface area contributed by atoms with Gasteiger partial charge in [-0.1, -0.05) is 46.6 Å². The minimum atomic E-state index is -0.165. The van der Waals surface area contributed by atoms with Crippen molar-refractivity contribution >= 4 is 34.8 Å². The summed E-state index contributed by atoms with van der Waals surface area (Å²) in [6, 6.07) is 14.7. The van der Waals surface area contributed by atoms with Crippen LogP contribution in [-0.2, 0) is 6.42 Å². The van der Waals surface area contributed by atoms with Gasteiger partial charge in [-0.2, -0.15) is 0 Å². The summed E-state index contributed by atoms with van der Waals surface area (Å²) in [4.78, 5) is 14.6. The van der Waals surface area contributed by atoms with E-state index in [4.69, 9.17) is 27.7 Å². The van der Waals surface area contributed by atoms with Crippen LogP contribution in [0.1, 0.15) is 22.5 Å². The first-order valence-electron chi connectivity index (χ1n) is 7.95. The quantitative estimate of drug-likeness (QED) is 0.617. The van der Waals surface area contributed by atoms with E-state index in [1.807, 2.05) is 18.2 Å². The molecule has 3 aromatic rings. The molecule has 0 fully saturated rings. The number of benzene rings is 2. The number of aryl methyl sites for hydroxylation is 1. The van der Waals surface area contributed by atoms with Gasteiger partial charge in [-0.15, -0.1) is 0 Å². The summed E-state index contributed by atoms with van der Waals surface area (Å²) in [7, 11) is 0. The SMILES string of the molecule is O=C(c1cc(-c2ccc(Cl)c(Cl)c2)on1)N1CCCc2ccccc21. The third kappa shape index (κ3) is 3.03. The topological polar surface area (TPSA) is 46.3 Å². The molecule has 2 aromatic carbocycles. The second-order valence-corrected chi connectivity index (χ2v) is 6.71. The fourth-order valence-corrected chi connectivity index (χ4v) is 3.34. The van der Waals surface area contributed by atoms with Crippen LogP contribution in [0.25, 0.3) is 11.3 Å². The van der Waals surface area contributed by atoms with Crippen LogP contribution in [0.2, 0.25) is 10.0 Å². The van der Waals surface area contributed by atoms with E-state index in [1.54, 1.807) is 29.2 Å². The smallest absolute Gasteiger partial charge is 0.280 e. The van der Waals surface area contributed by atoms with Crippen LogP contribution in [0.3, 0.4) is 0 Å². The van der Waals surface area contributed by atoms with Crippen molar-refractivity contribution in [3.63, 3.8) is 0 Å². The zero-order valence-electron chi connectivity index (χ0n) is 13.2. The Balaban J connectivity index is 1.64. The Morgan fingerprint density at radius 3 is 2.76 bits per heavy atom. The fraction of sp³-hybridized carbons (Fsp3) is 0.158. The molecule has 1 aliphatic rings. The third-order valence-corrected chi connectivity index (χ3v) is 5.03. The lowest BCUT2D eigenvalue weighted by Crippen LogP contribution is -2.35. The van der Waals surface area contributed by atoms with Gasteiger partial charge in [0.25, 0.3) is 5.91 Å². The average molecular weight is 373 g/mol. The normalized spacial score (nSPS) is 13.6. The van der Waals surface area contributed by atoms with Gasteiger partial charge in [0.1, 0.15) is 0 Å². The van der Waals surface area contributed by atoms with E-state index in [9.17, 15) is 4.79 Å². The molecule has 1 aromatic heterocycles. The highest BCUT2D eigenvalue weighted by atomic mass is 35.5. The number of carbonyl (C=O) groups excluding carboxylic acids is 1. The van der Waals surface area contributed by atoms with Gasteiger partial charge < -0.3 is 9.42 Å². The molecular formula is C19H14Cl2N2O2. The predicted octanol–water partition coefficient (Wildman–Crippen LogP) is 5.24. The molecule has 25 heavy (non-hydrogen) atoms. The minimum absolute atomic E-state index is 0.165. The number of carbonyl (C=O) groups is 1. The van der Waals surface area contributed by atoms with Gasteiger partial charge in [0.15, 0.2) is 11.5 Å². The van der Waals surface area contributed by atoms with Gasteiger partial charge in [-0.3, -0.25) is 4.79 Å². The number of nitrogens with zero attached hydrogens (tertiary/aromatic N) is 2. The zero-order chi connectivity index (χ0) is 17.4. The number of aromatic nitrogens is 1. The maximum absolute atomic E-state index is 12.9. The summed E-state index contributed by atoms with van der Waals surface area (Å²) in [5.41, 5.74) is 3.12. The van der Waals surface area contributed by atoms with Crippen molar-refractivity contribution in [2.45, 2.75) is 12.8 Å². The van der Waals surface area contributed by atoms with Crippen molar-refractivity contribution in [2.75, 3.05) is 11.4 Å². The first-order valence-corrected chi connectivity index (χ1v) is 8.71. The molecule has 0 saturated carbocycles. The lowest BCUT2D eigenvalue weighted by atomic mass is 10.0. The molecule has 0 N–H and O–H groups in total. The number of hydrogen-bond donors (Lipinski definition) is 0. The van der Waals surface area contributed by atoms with Crippen molar-refractivity contribution < 1.29 is 9.32 Å². The Hall–Kier alpha value is -2.30. The maximum atomic E-state index is 12.9. The molecule has 0 bridgehead atoms. The summed E-state index contributed by atoms with van der Waals surface area (Å²) >= 11 is 12.0. The summed E-state index contributed by atoms with van der Waals surface area (Å²) < 4.78 is 5.35. The lowest BCUT2D eigenvalue weighted by Gasteiger charge is -2.28. The highest BCUT2D eigenvalue weighted by Gasteiger charge is 2.26. The average Bonchev–Trinajstić information content (AvgIpc) is 3.13. The molecular weight excluding hydrogens is 359 g/mol. The van der Waals surface area contributed by atoms with Crippen LogP contribution < -0.4 is 4.90 Å². The van der Waals surface area contributed by atoms with Crippen molar-refractivity contribution in [1.29, 1.82) is 0 Å². The van der Waals surface area contributed by atoms with Gasteiger partial charge in [0.2, 0.25) is 0 Å². The zero-order valence-corrected chi connectivity index (χ0v) is 14.7. The van der Waals surface area contributed by atoms with Crippen LogP contribution in [0.5, 0.6) is 0 Å². The van der Waals surface area contributed by atoms with Crippen molar-refractivity contribution in [3.8, 4) is 11.3 Å². The number of anilines is 1. The van der Waals surface area contributed by atoms with E-state index in [0.29, 0.717) is 22.4 Å². The Kier molecular flexibility index (Phi) is 4.24. The second-order valence-electron chi connectivity index (χ2n) is 5.89. The number of fused-ring (bicyclic) bond motifs is 1. The summed E-state index contributed by atoms with van der Waals surface area (Å²) in [5, 5.41) is 4.84. The molecule has 0 spiro atoms. The highest BCUT2D eigenvalue weighted by Crippen LogP contribution is 2.31. The Morgan fingerprint density at radius 1 is 1.08 bits per heavy atom. The summed E-state index contributed by atoms with van der Waals surface area (Å²) in [6.07, 6.45) is 1.91. The van der Waals surface area contributed by atoms with Gasteiger partial charge in [0.05, 0.1) is 10.0 Å². The van der Waals surface area contributed by atoms with Gasteiger partial charge >= 0.3 is 0 Å². The Morgan fingerprint density at radius 2 is 1.92 bits per heavy atom. The fourth-order valence-electron chi connectivity index (χ4n) is 3.04. The summed E-state index contributed by atoms with van der Waals surface area (Å²) in [6.45, 7) is 0.671. The molecule has 126 valence electrons. The number of para-hydroxylation sites is 1. The lowest BCUT2D eigenvalue weighted by molar-refractivity contribution is 0.0976. The minimum Gasteiger partial charge on any atom is -0.355 e. The van der Waals surface area contributed by atoms with E-state index in [0.717, 1.165) is 24.1 Å². The van der Waals surface area contributed by atoms with Crippen LogP contribution in [0.4, 0.5) is 5.69 Å². The van der Waals surface area contributed by atoms with Crippen LogP contribution >= 0.6 is 23.2 Å². The van der Waals surface area contributed by atoms with Gasteiger partial charge in [-0.25, -0.2) is 0 Å². The molecule has 0 radical (unpaired) electrons. The first-order chi connectivity index (χ1) is 12.1. The number of hydrogen-bond acceptors (Lipinski definition) is 3. The maximum Gasteiger partial charge on any atom is 0.280 e. The molecule has 0 saturated heterocycles. The first kappa shape index (κ1) is 16.2. The number of amides is 1. The Labute approximate surface area is 154 Å². The van der Waals surface area contributed by atoms with E-state index in [1.165, 1.54) is 5.56 Å². The van der Waals surface area contributed by atoms with Crippen molar-refractivity contribution in [3.05, 3.63) is 69.8 Å². The van der Waals surface area contributed by atoms with E-state index < -0.39 is 0 Å². The van der Waals surface area contributed by atoms with E-state index in [2.05, 4.69) is 11.2 Å². The molecule has 4 rings (SSSR count).